The van der Waals surface area contributed by atoms with Crippen LogP contribution in [-0.4, -0.2) is 12.2 Å². The van der Waals surface area contributed by atoms with Crippen molar-refractivity contribution < 1.29 is 9.84 Å². The van der Waals surface area contributed by atoms with Crippen LogP contribution >= 0.6 is 39.1 Å². The van der Waals surface area contributed by atoms with Gasteiger partial charge in [0.1, 0.15) is 5.75 Å². The van der Waals surface area contributed by atoms with Gasteiger partial charge < -0.3 is 15.2 Å². The number of aromatic hydroxyl groups is 1. The number of rotatable bonds is 4. The molecule has 0 radical (unpaired) electrons. The quantitative estimate of drug-likeness (QED) is 0.781. The number of phenolic OH excluding ortho intramolecular Hbond substituents is 1. The van der Waals surface area contributed by atoms with Gasteiger partial charge in [0, 0.05) is 22.2 Å². The molecule has 106 valence electrons. The van der Waals surface area contributed by atoms with Crippen molar-refractivity contribution >= 4 is 44.8 Å². The van der Waals surface area contributed by atoms with Crippen molar-refractivity contribution in [2.75, 3.05) is 12.4 Å². The number of ether oxygens (including phenoxy) is 1. The fourth-order valence-corrected chi connectivity index (χ4v) is 3.01. The minimum Gasteiger partial charge on any atom is -0.508 e. The SMILES string of the molecule is COc1c(Br)cc(Cl)cc1NCc1c(O)cccc1Cl. The fraction of sp³-hybridized carbons (Fsp3) is 0.143. The second kappa shape index (κ2) is 6.57. The molecule has 20 heavy (non-hydrogen) atoms. The van der Waals surface area contributed by atoms with E-state index in [0.29, 0.717) is 33.6 Å². The third-order valence-electron chi connectivity index (χ3n) is 2.76. The first-order valence-electron chi connectivity index (χ1n) is 5.76. The lowest BCUT2D eigenvalue weighted by Gasteiger charge is -2.14. The van der Waals surface area contributed by atoms with Crippen LogP contribution in [0.3, 0.4) is 0 Å². The Morgan fingerprint density at radius 3 is 2.70 bits per heavy atom. The summed E-state index contributed by atoms with van der Waals surface area (Å²) in [7, 11) is 1.58. The molecule has 2 aromatic rings. The Morgan fingerprint density at radius 1 is 1.30 bits per heavy atom. The number of benzene rings is 2. The van der Waals surface area contributed by atoms with Gasteiger partial charge in [0.15, 0.2) is 5.75 Å². The van der Waals surface area contributed by atoms with Gasteiger partial charge in [-0.1, -0.05) is 29.3 Å². The summed E-state index contributed by atoms with van der Waals surface area (Å²) in [6.07, 6.45) is 0. The summed E-state index contributed by atoms with van der Waals surface area (Å²) in [5.41, 5.74) is 1.33. The van der Waals surface area contributed by atoms with Crippen LogP contribution in [-0.2, 0) is 6.54 Å². The van der Waals surface area contributed by atoms with Gasteiger partial charge in [-0.2, -0.15) is 0 Å². The van der Waals surface area contributed by atoms with Gasteiger partial charge in [0.2, 0.25) is 0 Å². The first-order valence-corrected chi connectivity index (χ1v) is 7.31. The van der Waals surface area contributed by atoms with E-state index in [1.807, 2.05) is 0 Å². The molecule has 0 aliphatic heterocycles. The monoisotopic (exact) mass is 375 g/mol. The lowest BCUT2D eigenvalue weighted by molar-refractivity contribution is 0.413. The van der Waals surface area contributed by atoms with E-state index in [2.05, 4.69) is 21.2 Å². The molecular formula is C14H12BrCl2NO2. The van der Waals surface area contributed by atoms with E-state index in [4.69, 9.17) is 27.9 Å². The predicted molar refractivity (Wildman–Crippen MR) is 86.1 cm³/mol. The van der Waals surface area contributed by atoms with Crippen molar-refractivity contribution in [2.45, 2.75) is 6.54 Å². The molecule has 0 aliphatic rings. The standard InChI is InChI=1S/C14H12BrCl2NO2/c1-20-14-10(15)5-8(16)6-12(14)18-7-9-11(17)3-2-4-13(9)19/h2-6,18-19H,7H2,1H3. The lowest BCUT2D eigenvalue weighted by Crippen LogP contribution is -2.03. The maximum atomic E-state index is 9.81. The van der Waals surface area contributed by atoms with E-state index < -0.39 is 0 Å². The van der Waals surface area contributed by atoms with Crippen molar-refractivity contribution in [1.82, 2.24) is 0 Å². The van der Waals surface area contributed by atoms with E-state index in [1.165, 1.54) is 0 Å². The van der Waals surface area contributed by atoms with Crippen LogP contribution in [0.5, 0.6) is 11.5 Å². The first kappa shape index (κ1) is 15.3. The minimum atomic E-state index is 0.144. The Bertz CT molecular complexity index is 615. The van der Waals surface area contributed by atoms with Gasteiger partial charge in [0.25, 0.3) is 0 Å². The van der Waals surface area contributed by atoms with E-state index >= 15 is 0 Å². The van der Waals surface area contributed by atoms with E-state index in [-0.39, 0.29) is 5.75 Å². The predicted octanol–water partition coefficient (Wildman–Crippen LogP) is 5.08. The molecule has 0 aliphatic carbocycles. The van der Waals surface area contributed by atoms with Crippen molar-refractivity contribution in [2.24, 2.45) is 0 Å². The van der Waals surface area contributed by atoms with Crippen molar-refractivity contribution in [3.8, 4) is 11.5 Å². The van der Waals surface area contributed by atoms with Crippen LogP contribution in [0.1, 0.15) is 5.56 Å². The number of nitrogens with one attached hydrogen (secondary N) is 1. The number of halogens is 3. The second-order valence-electron chi connectivity index (χ2n) is 4.06. The summed E-state index contributed by atoms with van der Waals surface area (Å²) >= 11 is 15.5. The normalized spacial score (nSPS) is 10.4. The molecule has 0 fully saturated rings. The molecule has 2 rings (SSSR count). The van der Waals surface area contributed by atoms with Gasteiger partial charge in [-0.3, -0.25) is 0 Å². The topological polar surface area (TPSA) is 41.5 Å². The van der Waals surface area contributed by atoms with Gasteiger partial charge >= 0.3 is 0 Å². The van der Waals surface area contributed by atoms with Gasteiger partial charge in [-0.15, -0.1) is 0 Å². The zero-order valence-electron chi connectivity index (χ0n) is 10.6. The third-order valence-corrected chi connectivity index (χ3v) is 3.92. The number of phenols is 1. The Kier molecular flexibility index (Phi) is 5.02. The van der Waals surface area contributed by atoms with Crippen LogP contribution in [0.2, 0.25) is 10.0 Å². The maximum Gasteiger partial charge on any atom is 0.156 e. The Labute approximate surface area is 135 Å². The average Bonchev–Trinajstić information content (AvgIpc) is 2.37. The van der Waals surface area contributed by atoms with E-state index in [9.17, 15) is 5.11 Å². The Hall–Kier alpha value is -1.10. The van der Waals surface area contributed by atoms with Crippen LogP contribution in [0.4, 0.5) is 5.69 Å². The average molecular weight is 377 g/mol. The molecule has 0 amide bonds. The zero-order valence-corrected chi connectivity index (χ0v) is 13.7. The lowest BCUT2D eigenvalue weighted by atomic mass is 10.2. The summed E-state index contributed by atoms with van der Waals surface area (Å²) < 4.78 is 6.07. The number of hydrogen-bond acceptors (Lipinski definition) is 3. The zero-order chi connectivity index (χ0) is 14.7. The summed E-state index contributed by atoms with van der Waals surface area (Å²) in [6.45, 7) is 0.356. The molecule has 0 heterocycles. The van der Waals surface area contributed by atoms with E-state index in [1.54, 1.807) is 37.4 Å². The molecule has 0 bridgehead atoms. The fourth-order valence-electron chi connectivity index (χ4n) is 1.81. The molecule has 2 aromatic carbocycles. The molecule has 2 N–H and O–H groups in total. The number of hydrogen-bond donors (Lipinski definition) is 2. The highest BCUT2D eigenvalue weighted by Gasteiger charge is 2.11. The summed E-state index contributed by atoms with van der Waals surface area (Å²) in [4.78, 5) is 0. The van der Waals surface area contributed by atoms with E-state index in [0.717, 1.165) is 4.47 Å². The molecule has 3 nitrogen and oxygen atoms in total. The highest BCUT2D eigenvalue weighted by Crippen LogP contribution is 2.37. The summed E-state index contributed by atoms with van der Waals surface area (Å²) in [5, 5.41) is 14.0. The van der Waals surface area contributed by atoms with Gasteiger partial charge in [-0.05, 0) is 40.2 Å². The van der Waals surface area contributed by atoms with Gasteiger partial charge in [0.05, 0.1) is 17.3 Å². The molecule has 0 aromatic heterocycles. The number of anilines is 1. The van der Waals surface area contributed by atoms with Crippen LogP contribution in [0, 0.1) is 0 Å². The summed E-state index contributed by atoms with van der Waals surface area (Å²) in [6, 6.07) is 8.51. The van der Waals surface area contributed by atoms with Crippen LogP contribution < -0.4 is 10.1 Å². The Balaban J connectivity index is 2.27. The molecule has 0 unspecified atom stereocenters. The third kappa shape index (κ3) is 3.32. The van der Waals surface area contributed by atoms with Crippen LogP contribution in [0.25, 0.3) is 0 Å². The highest BCUT2D eigenvalue weighted by molar-refractivity contribution is 9.10. The number of methoxy groups -OCH3 is 1. The molecule has 0 saturated heterocycles. The minimum absolute atomic E-state index is 0.144. The molecule has 0 saturated carbocycles. The van der Waals surface area contributed by atoms with Crippen molar-refractivity contribution in [3.63, 3.8) is 0 Å². The van der Waals surface area contributed by atoms with Crippen molar-refractivity contribution in [3.05, 3.63) is 50.4 Å². The first-order chi connectivity index (χ1) is 9.52. The molecule has 0 atom stereocenters. The highest BCUT2D eigenvalue weighted by atomic mass is 79.9. The summed E-state index contributed by atoms with van der Waals surface area (Å²) in [5.74, 6) is 0.783. The Morgan fingerprint density at radius 2 is 2.05 bits per heavy atom. The second-order valence-corrected chi connectivity index (χ2v) is 5.76. The van der Waals surface area contributed by atoms with Gasteiger partial charge in [-0.25, -0.2) is 0 Å². The maximum absolute atomic E-state index is 9.81. The largest absolute Gasteiger partial charge is 0.508 e. The molecule has 6 heteroatoms. The molecule has 0 spiro atoms. The van der Waals surface area contributed by atoms with Crippen molar-refractivity contribution in [1.29, 1.82) is 0 Å². The smallest absolute Gasteiger partial charge is 0.156 e. The molecular weight excluding hydrogens is 365 g/mol. The van der Waals surface area contributed by atoms with Crippen LogP contribution in [0.15, 0.2) is 34.8 Å².